The van der Waals surface area contributed by atoms with E-state index in [1.807, 2.05) is 6.07 Å². The first-order chi connectivity index (χ1) is 10.5. The number of hydrogen-bond donors (Lipinski definition) is 1. The number of hydrogen-bond acceptors (Lipinski definition) is 4. The summed E-state index contributed by atoms with van der Waals surface area (Å²) in [5.41, 5.74) is 1.31. The minimum Gasteiger partial charge on any atom is -0.327 e. The molecule has 1 atom stereocenters. The zero-order valence-electron chi connectivity index (χ0n) is 12.1. The Hall–Kier alpha value is -2.94. The number of nitriles is 1. The summed E-state index contributed by atoms with van der Waals surface area (Å²) in [6.45, 7) is 2.09. The molecule has 0 spiro atoms. The van der Waals surface area contributed by atoms with Crippen molar-refractivity contribution in [1.29, 1.82) is 5.26 Å². The Morgan fingerprint density at radius 1 is 1.41 bits per heavy atom. The van der Waals surface area contributed by atoms with E-state index in [4.69, 9.17) is 5.26 Å². The second kappa shape index (κ2) is 6.68. The summed E-state index contributed by atoms with van der Waals surface area (Å²) >= 11 is 0. The van der Waals surface area contributed by atoms with Crippen LogP contribution in [0.15, 0.2) is 30.3 Å². The van der Waals surface area contributed by atoms with Crippen molar-refractivity contribution < 1.29 is 14.4 Å². The highest BCUT2D eigenvalue weighted by Gasteiger charge is 2.36. The first-order valence-corrected chi connectivity index (χ1v) is 6.87. The van der Waals surface area contributed by atoms with E-state index in [0.717, 1.165) is 5.56 Å². The lowest BCUT2D eigenvalue weighted by Gasteiger charge is -2.23. The van der Waals surface area contributed by atoms with Gasteiger partial charge in [0.1, 0.15) is 6.04 Å². The van der Waals surface area contributed by atoms with Crippen molar-refractivity contribution in [3.63, 3.8) is 0 Å². The van der Waals surface area contributed by atoms with E-state index in [2.05, 4.69) is 5.32 Å². The molecule has 6 nitrogen and oxygen atoms in total. The lowest BCUT2D eigenvalue weighted by molar-refractivity contribution is -0.135. The Morgan fingerprint density at radius 3 is 2.59 bits per heavy atom. The molecule has 6 heteroatoms. The van der Waals surface area contributed by atoms with Gasteiger partial charge in [-0.1, -0.05) is 12.1 Å². The minimum atomic E-state index is -0.740. The van der Waals surface area contributed by atoms with Crippen molar-refractivity contribution in [2.75, 3.05) is 6.54 Å². The minimum absolute atomic E-state index is 0.00309. The largest absolute Gasteiger partial charge is 0.327 e. The van der Waals surface area contributed by atoms with Gasteiger partial charge in [0.05, 0.1) is 18.1 Å². The molecule has 1 fully saturated rings. The van der Waals surface area contributed by atoms with Crippen LogP contribution in [0.2, 0.25) is 0 Å². The highest BCUT2D eigenvalue weighted by Crippen LogP contribution is 2.12. The molecule has 0 aliphatic carbocycles. The number of carbonyl (C=O) groups is 3. The SMILES string of the molecule is CCN(C(=O)/C=C\c1ccc(C#N)cc1)[C@@H]1CC(=O)NC1=O. The molecule has 0 radical (unpaired) electrons. The van der Waals surface area contributed by atoms with Crippen LogP contribution >= 0.6 is 0 Å². The van der Waals surface area contributed by atoms with Crippen LogP contribution in [0.25, 0.3) is 6.08 Å². The maximum Gasteiger partial charge on any atom is 0.249 e. The topological polar surface area (TPSA) is 90.3 Å². The molecular weight excluding hydrogens is 282 g/mol. The second-order valence-electron chi connectivity index (χ2n) is 4.82. The van der Waals surface area contributed by atoms with Gasteiger partial charge in [0.2, 0.25) is 17.7 Å². The van der Waals surface area contributed by atoms with E-state index < -0.39 is 11.9 Å². The Labute approximate surface area is 128 Å². The van der Waals surface area contributed by atoms with Gasteiger partial charge in [0.25, 0.3) is 0 Å². The lowest BCUT2D eigenvalue weighted by Crippen LogP contribution is -2.43. The van der Waals surface area contributed by atoms with Gasteiger partial charge in [-0.2, -0.15) is 5.26 Å². The highest BCUT2D eigenvalue weighted by atomic mass is 16.2. The molecule has 0 saturated carbocycles. The van der Waals surface area contributed by atoms with Crippen LogP contribution in [0.3, 0.4) is 0 Å². The van der Waals surface area contributed by atoms with Gasteiger partial charge in [-0.15, -0.1) is 0 Å². The number of benzene rings is 1. The van der Waals surface area contributed by atoms with Crippen LogP contribution in [0.5, 0.6) is 0 Å². The van der Waals surface area contributed by atoms with Crippen LogP contribution in [-0.4, -0.2) is 35.2 Å². The van der Waals surface area contributed by atoms with Crippen LogP contribution in [-0.2, 0) is 14.4 Å². The van der Waals surface area contributed by atoms with Crippen LogP contribution in [0, 0.1) is 11.3 Å². The van der Waals surface area contributed by atoms with E-state index >= 15 is 0 Å². The number of likely N-dealkylation sites (N-methyl/N-ethyl adjacent to an activating group) is 1. The first-order valence-electron chi connectivity index (χ1n) is 6.87. The molecule has 1 heterocycles. The molecule has 1 N–H and O–H groups in total. The number of nitrogens with one attached hydrogen (secondary N) is 1. The lowest BCUT2D eigenvalue weighted by atomic mass is 10.1. The zero-order chi connectivity index (χ0) is 16.1. The van der Waals surface area contributed by atoms with Gasteiger partial charge in [0.15, 0.2) is 0 Å². The molecule has 1 saturated heterocycles. The van der Waals surface area contributed by atoms with Crippen molar-refractivity contribution in [1.82, 2.24) is 10.2 Å². The fourth-order valence-electron chi connectivity index (χ4n) is 2.25. The number of rotatable bonds is 4. The van der Waals surface area contributed by atoms with Gasteiger partial charge in [-0.05, 0) is 30.7 Å². The summed E-state index contributed by atoms with van der Waals surface area (Å²) in [6, 6.07) is 8.05. The van der Waals surface area contributed by atoms with Gasteiger partial charge in [0, 0.05) is 12.6 Å². The van der Waals surface area contributed by atoms with Crippen molar-refractivity contribution in [2.45, 2.75) is 19.4 Å². The highest BCUT2D eigenvalue weighted by molar-refractivity contribution is 6.07. The standard InChI is InChI=1S/C16H15N3O3/c1-2-19(13-9-14(20)18-16(13)22)15(21)8-7-11-3-5-12(10-17)6-4-11/h3-8,13H,2,9H2,1H3,(H,18,20,22)/b8-7-/t13-/m1/s1. The van der Waals surface area contributed by atoms with Crippen molar-refractivity contribution in [3.8, 4) is 6.07 Å². The predicted molar refractivity (Wildman–Crippen MR) is 79.1 cm³/mol. The third-order valence-corrected chi connectivity index (χ3v) is 3.40. The summed E-state index contributed by atoms with van der Waals surface area (Å²) < 4.78 is 0. The van der Waals surface area contributed by atoms with Gasteiger partial charge >= 0.3 is 0 Å². The fraction of sp³-hybridized carbons (Fsp3) is 0.250. The van der Waals surface area contributed by atoms with Crippen molar-refractivity contribution in [3.05, 3.63) is 41.5 Å². The monoisotopic (exact) mass is 297 g/mol. The van der Waals surface area contributed by atoms with E-state index in [-0.39, 0.29) is 18.2 Å². The van der Waals surface area contributed by atoms with E-state index in [9.17, 15) is 14.4 Å². The molecule has 1 aliphatic rings. The predicted octanol–water partition coefficient (Wildman–Crippen LogP) is 0.835. The van der Waals surface area contributed by atoms with Crippen molar-refractivity contribution >= 4 is 23.8 Å². The molecule has 0 bridgehead atoms. The van der Waals surface area contributed by atoms with Crippen molar-refractivity contribution in [2.24, 2.45) is 0 Å². The third-order valence-electron chi connectivity index (χ3n) is 3.40. The molecule has 1 aromatic rings. The number of imide groups is 1. The molecule has 3 amide bonds. The number of nitrogens with zero attached hydrogens (tertiary/aromatic N) is 2. The Bertz CT molecular complexity index is 671. The fourth-order valence-corrected chi connectivity index (χ4v) is 2.25. The van der Waals surface area contributed by atoms with Gasteiger partial charge in [-0.3, -0.25) is 19.7 Å². The molecule has 1 aromatic carbocycles. The summed E-state index contributed by atoms with van der Waals surface area (Å²) in [5.74, 6) is -1.13. The van der Waals surface area contributed by atoms with Crippen LogP contribution in [0.4, 0.5) is 0 Å². The van der Waals surface area contributed by atoms with E-state index in [0.29, 0.717) is 12.1 Å². The number of carbonyl (C=O) groups excluding carboxylic acids is 3. The normalized spacial score (nSPS) is 17.4. The summed E-state index contributed by atoms with van der Waals surface area (Å²) in [6.07, 6.45) is 2.98. The maximum atomic E-state index is 12.2. The molecular formula is C16H15N3O3. The maximum absolute atomic E-state index is 12.2. The molecule has 112 valence electrons. The quantitative estimate of drug-likeness (QED) is 0.658. The summed E-state index contributed by atoms with van der Waals surface area (Å²) in [5, 5.41) is 10.9. The molecule has 0 unspecified atom stereocenters. The first kappa shape index (κ1) is 15.4. The van der Waals surface area contributed by atoms with Gasteiger partial charge in [-0.25, -0.2) is 0 Å². The Balaban J connectivity index is 2.08. The molecule has 22 heavy (non-hydrogen) atoms. The molecule has 1 aliphatic heterocycles. The second-order valence-corrected chi connectivity index (χ2v) is 4.82. The molecule has 0 aromatic heterocycles. The number of amides is 3. The Morgan fingerprint density at radius 2 is 2.09 bits per heavy atom. The van der Waals surface area contributed by atoms with E-state index in [1.54, 1.807) is 37.3 Å². The average molecular weight is 297 g/mol. The zero-order valence-corrected chi connectivity index (χ0v) is 12.1. The van der Waals surface area contributed by atoms with Gasteiger partial charge < -0.3 is 4.90 Å². The smallest absolute Gasteiger partial charge is 0.249 e. The summed E-state index contributed by atoms with van der Waals surface area (Å²) in [7, 11) is 0. The summed E-state index contributed by atoms with van der Waals surface area (Å²) in [4.78, 5) is 36.5. The van der Waals surface area contributed by atoms with Crippen LogP contribution in [0.1, 0.15) is 24.5 Å². The van der Waals surface area contributed by atoms with Crippen LogP contribution < -0.4 is 5.32 Å². The third kappa shape index (κ3) is 3.38. The Kier molecular flexibility index (Phi) is 4.69. The molecule has 2 rings (SSSR count). The average Bonchev–Trinajstić information content (AvgIpc) is 2.85. The van der Waals surface area contributed by atoms with E-state index in [1.165, 1.54) is 11.0 Å².